The normalized spacial score (nSPS) is 33.5. The van der Waals surface area contributed by atoms with Crippen molar-refractivity contribution in [1.29, 1.82) is 0 Å². The van der Waals surface area contributed by atoms with E-state index < -0.39 is 8.32 Å². The van der Waals surface area contributed by atoms with Gasteiger partial charge in [-0.2, -0.15) is 0 Å². The highest BCUT2D eigenvalue weighted by Crippen LogP contribution is 2.62. The second-order valence-electron chi connectivity index (χ2n) is 9.34. The van der Waals surface area contributed by atoms with Gasteiger partial charge in [-0.25, -0.2) is 0 Å². The summed E-state index contributed by atoms with van der Waals surface area (Å²) in [6, 6.07) is 11.1. The molecule has 1 N–H and O–H groups in total. The zero-order chi connectivity index (χ0) is 17.8. The summed E-state index contributed by atoms with van der Waals surface area (Å²) < 4.78 is 6.68. The van der Waals surface area contributed by atoms with Crippen molar-refractivity contribution in [2.75, 3.05) is 0 Å². The van der Waals surface area contributed by atoms with E-state index in [1.54, 1.807) is 0 Å². The summed E-state index contributed by atoms with van der Waals surface area (Å²) in [5, 5.41) is 10.2. The Morgan fingerprint density at radius 1 is 1.29 bits per heavy atom. The molecule has 0 amide bonds. The van der Waals surface area contributed by atoms with Crippen LogP contribution < -0.4 is 0 Å². The lowest BCUT2D eigenvalue weighted by Crippen LogP contribution is -2.52. The van der Waals surface area contributed by atoms with Gasteiger partial charge in [-0.05, 0) is 43.5 Å². The maximum Gasteiger partial charge on any atom is 0.192 e. The third-order valence-corrected chi connectivity index (χ3v) is 10.9. The van der Waals surface area contributed by atoms with Crippen LogP contribution in [0, 0.1) is 0 Å². The summed E-state index contributed by atoms with van der Waals surface area (Å²) in [6.45, 7) is 14.5. The van der Waals surface area contributed by atoms with E-state index in [1.165, 1.54) is 5.56 Å². The number of aliphatic hydroxyl groups excluding tert-OH is 1. The average Bonchev–Trinajstić information content (AvgIpc) is 2.92. The first kappa shape index (κ1) is 18.1. The molecule has 1 aromatic carbocycles. The van der Waals surface area contributed by atoms with E-state index in [2.05, 4.69) is 69.1 Å². The number of aliphatic hydroxyl groups is 1. The fourth-order valence-corrected chi connectivity index (χ4v) is 5.40. The minimum absolute atomic E-state index is 0.178. The first-order valence-electron chi connectivity index (χ1n) is 9.23. The third-order valence-electron chi connectivity index (χ3n) is 6.39. The summed E-state index contributed by atoms with van der Waals surface area (Å²) in [6.07, 6.45) is 2.03. The lowest BCUT2D eigenvalue weighted by atomic mass is 9.79. The molecule has 0 aromatic heterocycles. The molecular weight excluding hydrogens is 314 g/mol. The van der Waals surface area contributed by atoms with Gasteiger partial charge in [0, 0.05) is 12.1 Å². The lowest BCUT2D eigenvalue weighted by Gasteiger charge is -2.43. The van der Waals surface area contributed by atoms with Crippen molar-refractivity contribution in [2.45, 2.75) is 89.0 Å². The predicted octanol–water partition coefficient (Wildman–Crippen LogP) is 4.17. The van der Waals surface area contributed by atoms with Crippen LogP contribution in [0.4, 0.5) is 0 Å². The maximum absolute atomic E-state index is 9.95. The Balaban J connectivity index is 1.70. The monoisotopic (exact) mass is 347 g/mol. The standard InChI is InChI=1S/C20H33NO2Si/c1-15(22)12-20-13-17(23-24(5,6)19(2,3)4)18(20)21(20)14-16-10-8-7-9-11-16/h7-11,15,17-18,22H,12-14H2,1-6H3. The van der Waals surface area contributed by atoms with E-state index in [1.807, 2.05) is 6.92 Å². The zero-order valence-electron chi connectivity index (χ0n) is 16.0. The summed E-state index contributed by atoms with van der Waals surface area (Å²) in [4.78, 5) is 2.56. The fraction of sp³-hybridized carbons (Fsp3) is 0.700. The van der Waals surface area contributed by atoms with Crippen LogP contribution >= 0.6 is 0 Å². The van der Waals surface area contributed by atoms with Gasteiger partial charge in [0.2, 0.25) is 0 Å². The van der Waals surface area contributed by atoms with E-state index in [0.29, 0.717) is 12.1 Å². The highest BCUT2D eigenvalue weighted by Gasteiger charge is 2.74. The molecule has 2 aliphatic rings. The van der Waals surface area contributed by atoms with Crippen LogP contribution in [0.1, 0.15) is 46.1 Å². The smallest absolute Gasteiger partial charge is 0.192 e. The lowest BCUT2D eigenvalue weighted by molar-refractivity contribution is 0.0776. The van der Waals surface area contributed by atoms with Crippen molar-refractivity contribution in [3.63, 3.8) is 0 Å². The number of nitrogens with zero attached hydrogens (tertiary/aromatic N) is 1. The number of benzene rings is 1. The third kappa shape index (κ3) is 3.10. The van der Waals surface area contributed by atoms with Crippen LogP contribution in [0.25, 0.3) is 0 Å². The summed E-state index contributed by atoms with van der Waals surface area (Å²) >= 11 is 0. The quantitative estimate of drug-likeness (QED) is 0.619. The van der Waals surface area contributed by atoms with Crippen molar-refractivity contribution in [1.82, 2.24) is 4.90 Å². The summed E-state index contributed by atoms with van der Waals surface area (Å²) in [5.74, 6) is 0. The van der Waals surface area contributed by atoms with Gasteiger partial charge in [0.1, 0.15) is 0 Å². The fourth-order valence-electron chi connectivity index (χ4n) is 4.08. The molecule has 1 aromatic rings. The molecule has 1 aliphatic carbocycles. The summed E-state index contributed by atoms with van der Waals surface area (Å²) in [7, 11) is -1.74. The van der Waals surface area contributed by atoms with Crippen molar-refractivity contribution in [2.24, 2.45) is 0 Å². The van der Waals surface area contributed by atoms with Crippen LogP contribution in [0.3, 0.4) is 0 Å². The molecule has 1 saturated heterocycles. The second kappa shape index (κ2) is 5.94. The molecule has 5 unspecified atom stereocenters. The Labute approximate surface area is 148 Å². The second-order valence-corrected chi connectivity index (χ2v) is 14.1. The summed E-state index contributed by atoms with van der Waals surface area (Å²) in [5.41, 5.74) is 1.53. The topological polar surface area (TPSA) is 32.5 Å². The van der Waals surface area contributed by atoms with Gasteiger partial charge in [0.05, 0.1) is 18.2 Å². The Morgan fingerprint density at radius 3 is 2.46 bits per heavy atom. The predicted molar refractivity (Wildman–Crippen MR) is 101 cm³/mol. The first-order chi connectivity index (χ1) is 11.1. The van der Waals surface area contributed by atoms with Gasteiger partial charge in [-0.15, -0.1) is 0 Å². The molecule has 3 nitrogen and oxygen atoms in total. The number of hydrogen-bond acceptors (Lipinski definition) is 3. The SMILES string of the molecule is CC(O)CC12CC(O[Si](C)(C)C(C)(C)C)C1N2Cc1ccccc1. The molecule has 0 spiro atoms. The minimum atomic E-state index is -1.74. The van der Waals surface area contributed by atoms with E-state index in [9.17, 15) is 5.11 Å². The molecule has 5 atom stereocenters. The van der Waals surface area contributed by atoms with Gasteiger partial charge >= 0.3 is 0 Å². The van der Waals surface area contributed by atoms with E-state index in [-0.39, 0.29) is 16.7 Å². The van der Waals surface area contributed by atoms with Gasteiger partial charge < -0.3 is 9.53 Å². The first-order valence-corrected chi connectivity index (χ1v) is 12.1. The number of rotatable bonds is 6. The van der Waals surface area contributed by atoms with Crippen LogP contribution in [-0.4, -0.2) is 42.1 Å². The molecule has 1 saturated carbocycles. The van der Waals surface area contributed by atoms with Crippen LogP contribution in [-0.2, 0) is 11.0 Å². The largest absolute Gasteiger partial charge is 0.412 e. The van der Waals surface area contributed by atoms with Crippen molar-refractivity contribution < 1.29 is 9.53 Å². The highest BCUT2D eigenvalue weighted by molar-refractivity contribution is 6.74. The maximum atomic E-state index is 9.95. The molecule has 3 rings (SSSR count). The number of likely N-dealkylation sites (tertiary alicyclic amines) is 1. The van der Waals surface area contributed by atoms with E-state index in [0.717, 1.165) is 19.4 Å². The minimum Gasteiger partial charge on any atom is -0.412 e. The molecule has 2 fully saturated rings. The van der Waals surface area contributed by atoms with Crippen LogP contribution in [0.2, 0.25) is 18.1 Å². The van der Waals surface area contributed by atoms with E-state index in [4.69, 9.17) is 4.43 Å². The molecule has 4 heteroatoms. The van der Waals surface area contributed by atoms with Gasteiger partial charge in [0.25, 0.3) is 0 Å². The molecule has 1 heterocycles. The molecule has 1 aliphatic heterocycles. The van der Waals surface area contributed by atoms with E-state index >= 15 is 0 Å². The Morgan fingerprint density at radius 2 is 1.92 bits per heavy atom. The Kier molecular flexibility index (Phi) is 4.48. The van der Waals surface area contributed by atoms with Gasteiger partial charge in [-0.1, -0.05) is 51.1 Å². The molecule has 0 bridgehead atoms. The number of fused-ring (bicyclic) bond motifs is 1. The molecule has 24 heavy (non-hydrogen) atoms. The average molecular weight is 348 g/mol. The number of hydrogen-bond donors (Lipinski definition) is 1. The zero-order valence-corrected chi connectivity index (χ0v) is 17.0. The highest BCUT2D eigenvalue weighted by atomic mass is 28.4. The molecule has 134 valence electrons. The van der Waals surface area contributed by atoms with Crippen LogP contribution in [0.5, 0.6) is 0 Å². The van der Waals surface area contributed by atoms with Crippen molar-refractivity contribution in [3.8, 4) is 0 Å². The molecular formula is C20H33NO2Si. The Hall–Kier alpha value is -0.683. The molecule has 0 radical (unpaired) electrons. The van der Waals surface area contributed by atoms with Crippen molar-refractivity contribution in [3.05, 3.63) is 35.9 Å². The van der Waals surface area contributed by atoms with Crippen LogP contribution in [0.15, 0.2) is 30.3 Å². The van der Waals surface area contributed by atoms with Gasteiger partial charge in [-0.3, -0.25) is 4.90 Å². The Bertz CT molecular complexity index is 581. The van der Waals surface area contributed by atoms with Crippen molar-refractivity contribution >= 4 is 8.32 Å². The van der Waals surface area contributed by atoms with Gasteiger partial charge in [0.15, 0.2) is 8.32 Å².